The molecule has 204 valence electrons. The van der Waals surface area contributed by atoms with E-state index in [0.717, 1.165) is 5.56 Å². The molecule has 41 heavy (non-hydrogen) atoms. The Morgan fingerprint density at radius 3 is 2.66 bits per heavy atom. The fourth-order valence-corrected chi connectivity index (χ4v) is 6.19. The molecule has 0 fully saturated rings. The minimum absolute atomic E-state index is 0.281. The van der Waals surface area contributed by atoms with E-state index in [-0.39, 0.29) is 11.5 Å². The van der Waals surface area contributed by atoms with Crippen LogP contribution in [-0.2, 0) is 4.79 Å². The predicted octanol–water partition coefficient (Wildman–Crippen LogP) is 4.42. The van der Waals surface area contributed by atoms with Gasteiger partial charge in [0, 0.05) is 24.2 Å². The van der Waals surface area contributed by atoms with Gasteiger partial charge in [0.15, 0.2) is 15.1 Å². The van der Waals surface area contributed by atoms with E-state index >= 15 is 0 Å². The smallest absolute Gasteiger partial charge is 0.271 e. The summed E-state index contributed by atoms with van der Waals surface area (Å²) in [6.45, 7) is 1.78. The summed E-state index contributed by atoms with van der Waals surface area (Å²) >= 11 is 2.53. The summed E-state index contributed by atoms with van der Waals surface area (Å²) in [5, 5.41) is 4.11. The van der Waals surface area contributed by atoms with Crippen molar-refractivity contribution in [2.45, 2.75) is 23.2 Å². The van der Waals surface area contributed by atoms with Crippen LogP contribution >= 0.6 is 23.1 Å². The first-order chi connectivity index (χ1) is 20.0. The minimum Gasteiger partial charge on any atom is -0.497 e. The molecule has 0 radical (unpaired) electrons. The van der Waals surface area contributed by atoms with Gasteiger partial charge in [-0.15, -0.1) is 0 Å². The van der Waals surface area contributed by atoms with Crippen LogP contribution in [0.3, 0.4) is 0 Å². The van der Waals surface area contributed by atoms with Crippen molar-refractivity contribution in [3.05, 3.63) is 127 Å². The number of ether oxygens (including phenoxy) is 1. The van der Waals surface area contributed by atoms with Gasteiger partial charge in [0.1, 0.15) is 11.5 Å². The van der Waals surface area contributed by atoms with Crippen molar-refractivity contribution < 1.29 is 13.9 Å². The Bertz CT molecular complexity index is 1950. The molecule has 0 spiro atoms. The Hall–Kier alpha value is -4.74. The van der Waals surface area contributed by atoms with Gasteiger partial charge < -0.3 is 14.5 Å². The first-order valence-electron chi connectivity index (χ1n) is 12.6. The fraction of sp³-hybridized carbons (Fsp3) is 0.100. The number of thiazole rings is 1. The van der Waals surface area contributed by atoms with E-state index in [0.29, 0.717) is 48.0 Å². The third-order valence-corrected chi connectivity index (χ3v) is 8.11. The average molecular weight is 582 g/mol. The molecule has 3 aromatic heterocycles. The Morgan fingerprint density at radius 2 is 1.88 bits per heavy atom. The summed E-state index contributed by atoms with van der Waals surface area (Å²) in [6, 6.07) is 21.2. The number of rotatable bonds is 7. The number of nitrogens with one attached hydrogen (secondary N) is 1. The van der Waals surface area contributed by atoms with Crippen molar-refractivity contribution in [3.8, 4) is 5.75 Å². The van der Waals surface area contributed by atoms with Crippen molar-refractivity contribution >= 4 is 40.8 Å². The number of allylic oxidation sites excluding steroid dienone is 1. The lowest BCUT2D eigenvalue weighted by atomic mass is 9.95. The number of carbonyl (C=O) groups excluding carboxylic acids is 1. The number of nitrogens with zero attached hydrogens (tertiary/aromatic N) is 4. The third kappa shape index (κ3) is 5.49. The summed E-state index contributed by atoms with van der Waals surface area (Å²) in [5.74, 6) is 0.782. The number of carbonyl (C=O) groups is 1. The van der Waals surface area contributed by atoms with Crippen LogP contribution in [0, 0.1) is 0 Å². The number of para-hydroxylation sites is 1. The predicted molar refractivity (Wildman–Crippen MR) is 157 cm³/mol. The molecular weight excluding hydrogens is 558 g/mol. The molecule has 0 bridgehead atoms. The van der Waals surface area contributed by atoms with Crippen LogP contribution in [0.4, 0.5) is 5.69 Å². The number of aromatic nitrogens is 3. The van der Waals surface area contributed by atoms with Gasteiger partial charge in [0.05, 0.1) is 29.0 Å². The van der Waals surface area contributed by atoms with Crippen LogP contribution in [0.25, 0.3) is 6.08 Å². The van der Waals surface area contributed by atoms with Crippen LogP contribution in [0.15, 0.2) is 121 Å². The number of anilines is 1. The highest BCUT2D eigenvalue weighted by atomic mass is 32.2. The number of benzene rings is 2. The Labute approximate surface area is 242 Å². The lowest BCUT2D eigenvalue weighted by molar-refractivity contribution is -0.113. The van der Waals surface area contributed by atoms with Crippen LogP contribution in [-0.4, -0.2) is 27.6 Å². The van der Waals surface area contributed by atoms with Gasteiger partial charge >= 0.3 is 0 Å². The van der Waals surface area contributed by atoms with E-state index in [9.17, 15) is 9.59 Å². The monoisotopic (exact) mass is 581 g/mol. The zero-order valence-electron chi connectivity index (χ0n) is 22.0. The minimum atomic E-state index is -0.717. The molecule has 5 aromatic rings. The molecule has 4 heterocycles. The van der Waals surface area contributed by atoms with E-state index in [2.05, 4.69) is 15.3 Å². The molecule has 6 rings (SSSR count). The van der Waals surface area contributed by atoms with E-state index in [4.69, 9.17) is 14.1 Å². The first-order valence-corrected chi connectivity index (χ1v) is 14.2. The molecule has 1 aliphatic rings. The quantitative estimate of drug-likeness (QED) is 0.283. The summed E-state index contributed by atoms with van der Waals surface area (Å²) in [5.41, 5.74) is 1.99. The number of hydrogen-bond acceptors (Lipinski definition) is 9. The van der Waals surface area contributed by atoms with Gasteiger partial charge in [0.2, 0.25) is 0 Å². The molecule has 1 aliphatic heterocycles. The van der Waals surface area contributed by atoms with Gasteiger partial charge in [-0.1, -0.05) is 41.7 Å². The second kappa shape index (κ2) is 11.4. The van der Waals surface area contributed by atoms with E-state index in [1.54, 1.807) is 55.3 Å². The highest BCUT2D eigenvalue weighted by Gasteiger charge is 2.32. The Morgan fingerprint density at radius 1 is 1.07 bits per heavy atom. The highest BCUT2D eigenvalue weighted by molar-refractivity contribution is 7.99. The maximum Gasteiger partial charge on any atom is 0.271 e. The lowest BCUT2D eigenvalue weighted by Crippen LogP contribution is -2.40. The van der Waals surface area contributed by atoms with Crippen molar-refractivity contribution in [1.82, 2.24) is 14.5 Å². The van der Waals surface area contributed by atoms with Gasteiger partial charge in [-0.25, -0.2) is 15.0 Å². The number of hydrogen-bond donors (Lipinski definition) is 1. The van der Waals surface area contributed by atoms with Gasteiger partial charge in [-0.05, 0) is 66.7 Å². The van der Waals surface area contributed by atoms with Crippen molar-refractivity contribution in [3.63, 3.8) is 0 Å². The molecule has 1 N–H and O–H groups in total. The molecule has 0 aliphatic carbocycles. The Balaban J connectivity index is 1.43. The van der Waals surface area contributed by atoms with Crippen molar-refractivity contribution in [1.29, 1.82) is 0 Å². The number of furan rings is 1. The number of amides is 1. The normalized spacial score (nSPS) is 14.9. The van der Waals surface area contributed by atoms with Crippen LogP contribution in [0.5, 0.6) is 5.75 Å². The van der Waals surface area contributed by atoms with Gasteiger partial charge in [0.25, 0.3) is 11.5 Å². The second-order valence-corrected chi connectivity index (χ2v) is 10.9. The highest BCUT2D eigenvalue weighted by Crippen LogP contribution is 2.32. The molecular formula is C30H23N5O4S2. The Kier molecular flexibility index (Phi) is 7.36. The molecule has 0 saturated carbocycles. The fourth-order valence-electron chi connectivity index (χ4n) is 4.48. The van der Waals surface area contributed by atoms with Crippen LogP contribution in [0.1, 0.15) is 24.3 Å². The van der Waals surface area contributed by atoms with Crippen molar-refractivity contribution in [2.24, 2.45) is 4.99 Å². The molecule has 2 aromatic carbocycles. The molecule has 11 heteroatoms. The van der Waals surface area contributed by atoms with E-state index < -0.39 is 6.04 Å². The number of methoxy groups -OCH3 is 1. The summed E-state index contributed by atoms with van der Waals surface area (Å²) in [6.07, 6.45) is 5.01. The maximum absolute atomic E-state index is 13.9. The molecule has 0 saturated heterocycles. The molecule has 1 atom stereocenters. The second-order valence-electron chi connectivity index (χ2n) is 8.97. The average Bonchev–Trinajstić information content (AvgIpc) is 3.56. The summed E-state index contributed by atoms with van der Waals surface area (Å²) in [4.78, 5) is 41.2. The maximum atomic E-state index is 13.9. The van der Waals surface area contributed by atoms with E-state index in [1.807, 2.05) is 54.6 Å². The first kappa shape index (κ1) is 26.5. The number of fused-ring (bicyclic) bond motifs is 1. The molecule has 0 unspecified atom stereocenters. The van der Waals surface area contributed by atoms with Crippen LogP contribution in [0.2, 0.25) is 0 Å². The van der Waals surface area contributed by atoms with Crippen molar-refractivity contribution in [2.75, 3.05) is 12.4 Å². The molecule has 9 nitrogen and oxygen atoms in total. The van der Waals surface area contributed by atoms with Crippen LogP contribution < -0.4 is 24.9 Å². The third-order valence-electron chi connectivity index (χ3n) is 6.32. The molecule has 1 amide bonds. The summed E-state index contributed by atoms with van der Waals surface area (Å²) < 4.78 is 13.4. The largest absolute Gasteiger partial charge is 0.497 e. The zero-order valence-corrected chi connectivity index (χ0v) is 23.6. The van der Waals surface area contributed by atoms with E-state index in [1.165, 1.54) is 23.1 Å². The summed E-state index contributed by atoms with van der Waals surface area (Å²) in [7, 11) is 1.58. The zero-order chi connectivity index (χ0) is 28.3. The SMILES string of the molecule is COc1cccc([C@@H]2C(C(=O)Nc3ccccc3)=C(C)N=c3s/c(=C/c4ccc(Sc5ncccn5)o4)c(=O)n32)c1. The van der Waals surface area contributed by atoms with Gasteiger partial charge in [-0.2, -0.15) is 0 Å². The standard InChI is InChI=1S/C30H23N5O4S2/c1-18-25(27(36)34-20-9-4-3-5-10-20)26(19-8-6-11-21(16-19)38-2)35-28(37)23(40-30(35)33-18)17-22-12-13-24(39-22)41-29-31-14-7-15-32-29/h3-17,26H,1-2H3,(H,34,36)/b23-17+/t26-/m1/s1. The van der Waals surface area contributed by atoms with Gasteiger partial charge in [-0.3, -0.25) is 14.2 Å². The lowest BCUT2D eigenvalue weighted by Gasteiger charge is -2.25. The topological polar surface area (TPSA) is 112 Å².